The van der Waals surface area contributed by atoms with E-state index in [2.05, 4.69) is 19.9 Å². The number of anilines is 2. The second-order valence-electron chi connectivity index (χ2n) is 10.9. The number of nitrogens with one attached hydrogen (secondary N) is 1. The maximum atomic E-state index is 14.1. The van der Waals surface area contributed by atoms with Gasteiger partial charge in [-0.3, -0.25) is 9.59 Å². The second kappa shape index (κ2) is 13.2. The summed E-state index contributed by atoms with van der Waals surface area (Å²) in [5.74, 6) is 0.151. The van der Waals surface area contributed by atoms with Crippen LogP contribution in [0.1, 0.15) is 24.8 Å². The molecule has 232 valence electrons. The van der Waals surface area contributed by atoms with Crippen LogP contribution in [0.15, 0.2) is 42.5 Å². The van der Waals surface area contributed by atoms with Crippen molar-refractivity contribution in [3.63, 3.8) is 0 Å². The van der Waals surface area contributed by atoms with Gasteiger partial charge in [0.2, 0.25) is 17.8 Å². The molecule has 2 saturated heterocycles. The van der Waals surface area contributed by atoms with Gasteiger partial charge < -0.3 is 24.8 Å². The summed E-state index contributed by atoms with van der Waals surface area (Å²) in [6.07, 6.45) is -2.72. The van der Waals surface area contributed by atoms with Crippen molar-refractivity contribution in [2.45, 2.75) is 38.1 Å². The fourth-order valence-electron chi connectivity index (χ4n) is 5.48. The van der Waals surface area contributed by atoms with Gasteiger partial charge in [-0.15, -0.1) is 25.6 Å². The van der Waals surface area contributed by atoms with Crippen LogP contribution in [0.5, 0.6) is 5.75 Å². The van der Waals surface area contributed by atoms with Gasteiger partial charge in [0.1, 0.15) is 17.4 Å². The molecule has 3 heterocycles. The Morgan fingerprint density at radius 2 is 1.72 bits per heavy atom. The number of likely N-dealkylation sites (tertiary alicyclic amines) is 1. The van der Waals surface area contributed by atoms with Gasteiger partial charge in [0, 0.05) is 63.7 Å². The number of alkyl halides is 3. The summed E-state index contributed by atoms with van der Waals surface area (Å²) in [6.45, 7) is 2.14. The number of hydrogen-bond donors (Lipinski definition) is 1. The minimum atomic E-state index is -4.78. The Morgan fingerprint density at radius 1 is 1.02 bits per heavy atom. The number of halogens is 5. The van der Waals surface area contributed by atoms with Crippen LogP contribution in [-0.2, 0) is 16.0 Å². The van der Waals surface area contributed by atoms with Gasteiger partial charge in [0.15, 0.2) is 0 Å². The SMILES string of the molecule is CN(C)C(=O)C1CCN(c2nc(N[C@H]3CCN(C(=O)Cc4ccc(OC(F)(F)F)cc4)C3)nc3cc(F)ccc23)CC1.Cl. The number of hydrogen-bond acceptors (Lipinski definition) is 7. The zero-order valence-electron chi connectivity index (χ0n) is 23.7. The number of carbonyl (C=O) groups excluding carboxylic acids is 2. The molecule has 43 heavy (non-hydrogen) atoms. The van der Waals surface area contributed by atoms with Crippen LogP contribution in [0.25, 0.3) is 10.9 Å². The summed E-state index contributed by atoms with van der Waals surface area (Å²) in [5, 5.41) is 4.02. The third-order valence-electron chi connectivity index (χ3n) is 7.61. The van der Waals surface area contributed by atoms with Crippen molar-refractivity contribution >= 4 is 46.9 Å². The third kappa shape index (κ3) is 7.95. The number of aromatic nitrogens is 2. The predicted molar refractivity (Wildman–Crippen MR) is 156 cm³/mol. The highest BCUT2D eigenvalue weighted by Crippen LogP contribution is 2.31. The molecule has 9 nitrogen and oxygen atoms in total. The maximum Gasteiger partial charge on any atom is 0.573 e. The average Bonchev–Trinajstić information content (AvgIpc) is 3.41. The van der Waals surface area contributed by atoms with Crippen molar-refractivity contribution in [3.8, 4) is 5.75 Å². The molecule has 2 aliphatic heterocycles. The monoisotopic (exact) mass is 624 g/mol. The molecule has 0 bridgehead atoms. The number of carbonyl (C=O) groups is 2. The molecule has 2 fully saturated rings. The fraction of sp³-hybridized carbons (Fsp3) is 0.448. The van der Waals surface area contributed by atoms with Gasteiger partial charge in [-0.1, -0.05) is 12.1 Å². The molecule has 0 spiro atoms. The van der Waals surface area contributed by atoms with E-state index >= 15 is 0 Å². The second-order valence-corrected chi connectivity index (χ2v) is 10.9. The summed E-state index contributed by atoms with van der Waals surface area (Å²) in [6, 6.07) is 9.51. The molecule has 2 aliphatic rings. The number of amides is 2. The fourth-order valence-corrected chi connectivity index (χ4v) is 5.48. The van der Waals surface area contributed by atoms with Crippen LogP contribution in [0.4, 0.5) is 29.3 Å². The van der Waals surface area contributed by atoms with Crippen molar-refractivity contribution in [2.24, 2.45) is 5.92 Å². The minimum Gasteiger partial charge on any atom is -0.406 e. The molecule has 1 N–H and O–H groups in total. The molecular weight excluding hydrogens is 592 g/mol. The number of ether oxygens (including phenoxy) is 1. The van der Waals surface area contributed by atoms with Crippen LogP contribution < -0.4 is 15.0 Å². The predicted octanol–water partition coefficient (Wildman–Crippen LogP) is 4.65. The van der Waals surface area contributed by atoms with Gasteiger partial charge in [-0.05, 0) is 49.1 Å². The van der Waals surface area contributed by atoms with Gasteiger partial charge >= 0.3 is 6.36 Å². The van der Waals surface area contributed by atoms with Gasteiger partial charge in [0.25, 0.3) is 0 Å². The van der Waals surface area contributed by atoms with Crippen molar-refractivity contribution in [1.29, 1.82) is 0 Å². The first-order valence-corrected chi connectivity index (χ1v) is 13.8. The van der Waals surface area contributed by atoms with Crippen LogP contribution in [0.2, 0.25) is 0 Å². The number of fused-ring (bicyclic) bond motifs is 1. The molecule has 14 heteroatoms. The number of rotatable bonds is 7. The molecule has 0 unspecified atom stereocenters. The lowest BCUT2D eigenvalue weighted by Crippen LogP contribution is -2.40. The summed E-state index contributed by atoms with van der Waals surface area (Å²) < 4.78 is 55.2. The van der Waals surface area contributed by atoms with Crippen LogP contribution in [-0.4, -0.2) is 84.3 Å². The van der Waals surface area contributed by atoms with Crippen LogP contribution in [0.3, 0.4) is 0 Å². The van der Waals surface area contributed by atoms with Gasteiger partial charge in [-0.25, -0.2) is 9.37 Å². The summed E-state index contributed by atoms with van der Waals surface area (Å²) in [5.41, 5.74) is 1.03. The molecule has 0 radical (unpaired) electrons. The lowest BCUT2D eigenvalue weighted by Gasteiger charge is -2.34. The Labute approximate surface area is 252 Å². The molecule has 1 aromatic heterocycles. The molecular formula is C29H33ClF4N6O3. The molecule has 2 aromatic carbocycles. The third-order valence-corrected chi connectivity index (χ3v) is 7.61. The largest absolute Gasteiger partial charge is 0.573 e. The standard InChI is InChI=1S/C29H32F4N6O3.ClH/c1-37(2)27(41)19-9-12-38(13-10-19)26-23-8-5-20(30)16-24(23)35-28(36-26)34-21-11-14-39(17-21)25(40)15-18-3-6-22(7-4-18)42-29(31,32)33;/h3-8,16,19,21H,9-15,17H2,1-2H3,(H,34,35,36);1H/t21-;/m0./s1. The summed E-state index contributed by atoms with van der Waals surface area (Å²) in [4.78, 5) is 40.1. The first-order valence-electron chi connectivity index (χ1n) is 13.8. The number of piperidine rings is 1. The lowest BCUT2D eigenvalue weighted by molar-refractivity contribution is -0.274. The zero-order valence-corrected chi connectivity index (χ0v) is 24.6. The number of nitrogens with zero attached hydrogens (tertiary/aromatic N) is 5. The Morgan fingerprint density at radius 3 is 2.37 bits per heavy atom. The number of benzene rings is 2. The van der Waals surface area contributed by atoms with Crippen LogP contribution >= 0.6 is 12.4 Å². The molecule has 3 aromatic rings. The van der Waals surface area contributed by atoms with Crippen molar-refractivity contribution in [2.75, 3.05) is 50.5 Å². The topological polar surface area (TPSA) is 90.9 Å². The molecule has 5 rings (SSSR count). The Kier molecular flexibility index (Phi) is 9.83. The highest BCUT2D eigenvalue weighted by atomic mass is 35.5. The van der Waals surface area contributed by atoms with E-state index in [1.807, 2.05) is 0 Å². The summed E-state index contributed by atoms with van der Waals surface area (Å²) in [7, 11) is 3.51. The van der Waals surface area contributed by atoms with Crippen molar-refractivity contribution in [3.05, 3.63) is 53.8 Å². The van der Waals surface area contributed by atoms with E-state index in [0.717, 1.165) is 0 Å². The Balaban J connectivity index is 0.00000423. The highest BCUT2D eigenvalue weighted by Gasteiger charge is 2.32. The Hall–Kier alpha value is -3.87. The van der Waals surface area contributed by atoms with E-state index in [4.69, 9.17) is 4.98 Å². The first-order chi connectivity index (χ1) is 19.9. The van der Waals surface area contributed by atoms with E-state index in [9.17, 15) is 27.2 Å². The van der Waals surface area contributed by atoms with Crippen LogP contribution in [0, 0.1) is 11.7 Å². The van der Waals surface area contributed by atoms with Gasteiger partial charge in [-0.2, -0.15) is 4.98 Å². The van der Waals surface area contributed by atoms with Crippen molar-refractivity contribution in [1.82, 2.24) is 19.8 Å². The molecule has 2 amide bonds. The quantitative estimate of drug-likeness (QED) is 0.383. The lowest BCUT2D eigenvalue weighted by atomic mass is 9.95. The molecule has 1 atom stereocenters. The smallest absolute Gasteiger partial charge is 0.406 e. The van der Waals surface area contributed by atoms with E-state index in [1.54, 1.807) is 30.0 Å². The first kappa shape index (κ1) is 32.1. The van der Waals surface area contributed by atoms with E-state index < -0.39 is 12.2 Å². The molecule has 0 aliphatic carbocycles. The molecule has 0 saturated carbocycles. The zero-order chi connectivity index (χ0) is 30.0. The van der Waals surface area contributed by atoms with Crippen molar-refractivity contribution < 1.29 is 31.9 Å². The Bertz CT molecular complexity index is 1450. The summed E-state index contributed by atoms with van der Waals surface area (Å²) >= 11 is 0. The maximum absolute atomic E-state index is 14.1. The van der Waals surface area contributed by atoms with Gasteiger partial charge in [0.05, 0.1) is 11.9 Å². The normalized spacial score (nSPS) is 17.5. The minimum absolute atomic E-state index is 0. The van der Waals surface area contributed by atoms with E-state index in [-0.39, 0.29) is 48.4 Å². The highest BCUT2D eigenvalue weighted by molar-refractivity contribution is 5.91. The average molecular weight is 625 g/mol. The van der Waals surface area contributed by atoms with E-state index in [0.29, 0.717) is 73.7 Å². The van der Waals surface area contributed by atoms with E-state index in [1.165, 1.54) is 36.4 Å².